The Bertz CT molecular complexity index is 918. The molecule has 0 bridgehead atoms. The number of aromatic amines is 1. The molecule has 0 unspecified atom stereocenters. The Hall–Kier alpha value is -3.29. The number of hydrogen-bond acceptors (Lipinski definition) is 6. The summed E-state index contributed by atoms with van der Waals surface area (Å²) in [6, 6.07) is 6.67. The summed E-state index contributed by atoms with van der Waals surface area (Å²) in [4.78, 5) is 38.4. The van der Waals surface area contributed by atoms with Crippen molar-refractivity contribution >= 4 is 17.7 Å². The van der Waals surface area contributed by atoms with Crippen molar-refractivity contribution in [2.75, 3.05) is 19.8 Å². The molecule has 2 aromatic rings. The molecule has 8 heteroatoms. The van der Waals surface area contributed by atoms with Crippen molar-refractivity contribution in [3.63, 3.8) is 0 Å². The highest BCUT2D eigenvalue weighted by molar-refractivity contribution is 5.97. The number of fused-ring (bicyclic) bond motifs is 1. The van der Waals surface area contributed by atoms with Gasteiger partial charge in [-0.3, -0.25) is 9.59 Å². The largest absolute Gasteiger partial charge is 0.486 e. The quantitative estimate of drug-likeness (QED) is 0.547. The van der Waals surface area contributed by atoms with Crippen LogP contribution in [0.1, 0.15) is 53.2 Å². The topological polar surface area (TPSA) is 107 Å². The van der Waals surface area contributed by atoms with E-state index in [0.29, 0.717) is 30.3 Å². The molecular formula is C21H24N2O6. The van der Waals surface area contributed by atoms with Crippen molar-refractivity contribution in [2.24, 2.45) is 5.92 Å². The molecule has 0 spiro atoms. The van der Waals surface area contributed by atoms with Crippen LogP contribution in [-0.4, -0.2) is 42.5 Å². The zero-order valence-corrected chi connectivity index (χ0v) is 16.6. The third-order valence-electron chi connectivity index (χ3n) is 4.55. The average molecular weight is 400 g/mol. The highest BCUT2D eigenvalue weighted by Crippen LogP contribution is 2.34. The Labute approximate surface area is 168 Å². The lowest BCUT2D eigenvalue weighted by Crippen LogP contribution is -2.35. The summed E-state index contributed by atoms with van der Waals surface area (Å²) >= 11 is 0. The number of esters is 1. The first kappa shape index (κ1) is 20.4. The SMILES string of the molecule is CC(=O)c1c[nH]c(C(=O)OCC(=O)N[C@H](c2ccc3c(c2)OCCO3)C(C)C)c1. The van der Waals surface area contributed by atoms with Crippen molar-refractivity contribution in [1.29, 1.82) is 0 Å². The van der Waals surface area contributed by atoms with Gasteiger partial charge in [0.2, 0.25) is 0 Å². The van der Waals surface area contributed by atoms with E-state index in [0.717, 1.165) is 5.56 Å². The van der Waals surface area contributed by atoms with Crippen molar-refractivity contribution in [3.05, 3.63) is 47.3 Å². The van der Waals surface area contributed by atoms with Crippen molar-refractivity contribution in [2.45, 2.75) is 26.8 Å². The molecule has 0 aliphatic carbocycles. The van der Waals surface area contributed by atoms with Crippen LogP contribution in [0.2, 0.25) is 0 Å². The molecule has 2 heterocycles. The number of benzene rings is 1. The molecule has 1 aromatic carbocycles. The molecule has 1 aliphatic rings. The van der Waals surface area contributed by atoms with Gasteiger partial charge in [0, 0.05) is 11.8 Å². The molecule has 1 amide bonds. The fourth-order valence-corrected chi connectivity index (χ4v) is 3.03. The van der Waals surface area contributed by atoms with Crippen LogP contribution < -0.4 is 14.8 Å². The number of H-pyrrole nitrogens is 1. The van der Waals surface area contributed by atoms with E-state index in [1.54, 1.807) is 0 Å². The minimum Gasteiger partial charge on any atom is -0.486 e. The van der Waals surface area contributed by atoms with Crippen LogP contribution in [-0.2, 0) is 9.53 Å². The monoisotopic (exact) mass is 400 g/mol. The number of rotatable bonds is 7. The van der Waals surface area contributed by atoms with Gasteiger partial charge in [0.15, 0.2) is 23.9 Å². The van der Waals surface area contributed by atoms with Gasteiger partial charge < -0.3 is 24.5 Å². The summed E-state index contributed by atoms with van der Waals surface area (Å²) in [6.45, 7) is 5.93. The maximum absolute atomic E-state index is 12.4. The van der Waals surface area contributed by atoms with Crippen LogP contribution >= 0.6 is 0 Å². The minimum absolute atomic E-state index is 0.0961. The number of carbonyl (C=O) groups is 3. The van der Waals surface area contributed by atoms with Crippen molar-refractivity contribution in [3.8, 4) is 11.5 Å². The smallest absolute Gasteiger partial charge is 0.355 e. The predicted octanol–water partition coefficient (Wildman–Crippen LogP) is 2.66. The van der Waals surface area contributed by atoms with Gasteiger partial charge in [0.1, 0.15) is 18.9 Å². The Balaban J connectivity index is 1.61. The Morgan fingerprint density at radius 3 is 2.52 bits per heavy atom. The van der Waals surface area contributed by atoms with Crippen LogP contribution in [0.25, 0.3) is 0 Å². The van der Waals surface area contributed by atoms with E-state index in [1.165, 1.54) is 19.2 Å². The second-order valence-corrected chi connectivity index (χ2v) is 7.13. The van der Waals surface area contributed by atoms with Gasteiger partial charge in [-0.2, -0.15) is 0 Å². The number of hydrogen-bond donors (Lipinski definition) is 2. The van der Waals surface area contributed by atoms with Gasteiger partial charge in [-0.25, -0.2) is 4.79 Å². The lowest BCUT2D eigenvalue weighted by atomic mass is 9.95. The van der Waals surface area contributed by atoms with E-state index in [4.69, 9.17) is 14.2 Å². The zero-order chi connectivity index (χ0) is 21.0. The molecule has 0 radical (unpaired) electrons. The second kappa shape index (κ2) is 8.81. The number of amides is 1. The van der Waals surface area contributed by atoms with Crippen molar-refractivity contribution < 1.29 is 28.6 Å². The highest BCUT2D eigenvalue weighted by atomic mass is 16.6. The molecule has 0 saturated heterocycles. The van der Waals surface area contributed by atoms with Gasteiger partial charge in [0.05, 0.1) is 6.04 Å². The third kappa shape index (κ3) is 4.96. The molecule has 1 aromatic heterocycles. The van der Waals surface area contributed by atoms with Crippen LogP contribution in [0.3, 0.4) is 0 Å². The second-order valence-electron chi connectivity index (χ2n) is 7.13. The normalized spacial score (nSPS) is 13.7. The maximum atomic E-state index is 12.4. The number of nitrogens with one attached hydrogen (secondary N) is 2. The number of ether oxygens (including phenoxy) is 3. The molecule has 1 aliphatic heterocycles. The zero-order valence-electron chi connectivity index (χ0n) is 16.6. The van der Waals surface area contributed by atoms with Crippen LogP contribution in [0.4, 0.5) is 0 Å². The van der Waals surface area contributed by atoms with Crippen LogP contribution in [0.15, 0.2) is 30.5 Å². The molecule has 29 heavy (non-hydrogen) atoms. The van der Waals surface area contributed by atoms with Gasteiger partial charge in [-0.1, -0.05) is 19.9 Å². The number of Topliss-reactive ketones (excluding diaryl/α,β-unsaturated/α-hetero) is 1. The van der Waals surface area contributed by atoms with Gasteiger partial charge >= 0.3 is 5.97 Å². The fraction of sp³-hybridized carbons (Fsp3) is 0.381. The van der Waals surface area contributed by atoms with Crippen molar-refractivity contribution in [1.82, 2.24) is 10.3 Å². The third-order valence-corrected chi connectivity index (χ3v) is 4.55. The summed E-state index contributed by atoms with van der Waals surface area (Å²) in [5.41, 5.74) is 1.37. The molecule has 0 fully saturated rings. The molecular weight excluding hydrogens is 376 g/mol. The van der Waals surface area contributed by atoms with E-state index in [-0.39, 0.29) is 23.4 Å². The van der Waals surface area contributed by atoms with E-state index in [2.05, 4.69) is 10.3 Å². The maximum Gasteiger partial charge on any atom is 0.355 e. The summed E-state index contributed by atoms with van der Waals surface area (Å²) in [5.74, 6) is 0.126. The van der Waals surface area contributed by atoms with Gasteiger partial charge in [-0.15, -0.1) is 0 Å². The number of carbonyl (C=O) groups excluding carboxylic acids is 3. The molecule has 0 saturated carbocycles. The summed E-state index contributed by atoms with van der Waals surface area (Å²) in [6.07, 6.45) is 1.43. The van der Waals surface area contributed by atoms with E-state index >= 15 is 0 Å². The molecule has 1 atom stereocenters. The Kier molecular flexibility index (Phi) is 6.21. The number of ketones is 1. The number of aromatic nitrogens is 1. The summed E-state index contributed by atoms with van der Waals surface area (Å²) in [7, 11) is 0. The molecule has 2 N–H and O–H groups in total. The summed E-state index contributed by atoms with van der Waals surface area (Å²) < 4.78 is 16.2. The van der Waals surface area contributed by atoms with E-state index < -0.39 is 18.5 Å². The molecule has 8 nitrogen and oxygen atoms in total. The van der Waals surface area contributed by atoms with Gasteiger partial charge in [0.25, 0.3) is 5.91 Å². The first-order valence-corrected chi connectivity index (χ1v) is 9.40. The average Bonchev–Trinajstić information content (AvgIpc) is 3.20. The fourth-order valence-electron chi connectivity index (χ4n) is 3.03. The first-order chi connectivity index (χ1) is 13.8. The standard InChI is InChI=1S/C21H24N2O6/c1-12(2)20(14-4-5-17-18(9-14)28-7-6-27-17)23-19(25)11-29-21(26)16-8-15(10-22-16)13(3)24/h4-5,8-10,12,20,22H,6-7,11H2,1-3H3,(H,23,25)/t20-/m0/s1. The molecule has 3 rings (SSSR count). The van der Waals surface area contributed by atoms with Crippen LogP contribution in [0.5, 0.6) is 11.5 Å². The minimum atomic E-state index is -0.701. The highest BCUT2D eigenvalue weighted by Gasteiger charge is 2.22. The Morgan fingerprint density at radius 2 is 1.86 bits per heavy atom. The lowest BCUT2D eigenvalue weighted by molar-refractivity contribution is -0.125. The van der Waals surface area contributed by atoms with E-state index in [1.807, 2.05) is 32.0 Å². The van der Waals surface area contributed by atoms with E-state index in [9.17, 15) is 14.4 Å². The Morgan fingerprint density at radius 1 is 1.14 bits per heavy atom. The lowest BCUT2D eigenvalue weighted by Gasteiger charge is -2.25. The van der Waals surface area contributed by atoms with Crippen LogP contribution in [0, 0.1) is 5.92 Å². The summed E-state index contributed by atoms with van der Waals surface area (Å²) in [5, 5.41) is 2.89. The predicted molar refractivity (Wildman–Crippen MR) is 104 cm³/mol. The van der Waals surface area contributed by atoms with Gasteiger partial charge in [-0.05, 0) is 36.6 Å². The molecule has 154 valence electrons. The first-order valence-electron chi connectivity index (χ1n) is 9.40.